The van der Waals surface area contributed by atoms with E-state index < -0.39 is 24.1 Å². The van der Waals surface area contributed by atoms with E-state index in [9.17, 15) is 15.3 Å². The summed E-state index contributed by atoms with van der Waals surface area (Å²) in [6.07, 6.45) is 5.10. The minimum absolute atomic E-state index is 0.0800. The molecule has 2 aliphatic heterocycles. The number of ether oxygens (including phenoxy) is 2. The molecule has 1 spiro atoms. The van der Waals surface area contributed by atoms with E-state index in [0.717, 1.165) is 11.1 Å². The number of terminal acetylenes is 1. The summed E-state index contributed by atoms with van der Waals surface area (Å²) < 4.78 is 11.0. The highest BCUT2D eigenvalue weighted by molar-refractivity contribution is 5.32. The second-order valence-corrected chi connectivity index (χ2v) is 4.90. The van der Waals surface area contributed by atoms with Crippen molar-refractivity contribution in [3.05, 3.63) is 23.3 Å². The molecule has 1 saturated heterocycles. The lowest BCUT2D eigenvalue weighted by Gasteiger charge is -2.47. The molecule has 19 heavy (non-hydrogen) atoms. The molecule has 2 aliphatic rings. The Labute approximate surface area is 112 Å². The Morgan fingerprint density at radius 1 is 1.37 bits per heavy atom. The summed E-state index contributed by atoms with van der Waals surface area (Å²) in [7, 11) is 0. The van der Waals surface area contributed by atoms with Crippen LogP contribution in [0.15, 0.2) is 23.3 Å². The first kappa shape index (κ1) is 14.3. The van der Waals surface area contributed by atoms with E-state index in [-0.39, 0.29) is 19.6 Å². The van der Waals surface area contributed by atoms with Crippen molar-refractivity contribution in [3.8, 4) is 12.3 Å². The fraction of sp³-hybridized carbons (Fsp3) is 0.571. The average molecular weight is 266 g/mol. The maximum atomic E-state index is 10.1. The van der Waals surface area contributed by atoms with Gasteiger partial charge in [0.25, 0.3) is 0 Å². The Kier molecular flexibility index (Phi) is 4.09. The summed E-state index contributed by atoms with van der Waals surface area (Å²) in [5, 5.41) is 29.3. The van der Waals surface area contributed by atoms with Gasteiger partial charge in [0.1, 0.15) is 18.3 Å². The van der Waals surface area contributed by atoms with Gasteiger partial charge in [-0.3, -0.25) is 0 Å². The van der Waals surface area contributed by atoms with E-state index in [4.69, 9.17) is 15.9 Å². The molecular formula is C14H18O5. The number of hydrogen-bond donors (Lipinski definition) is 3. The molecule has 0 radical (unpaired) electrons. The second kappa shape index (κ2) is 5.45. The zero-order valence-electron chi connectivity index (χ0n) is 10.7. The topological polar surface area (TPSA) is 79.2 Å². The van der Waals surface area contributed by atoms with E-state index in [2.05, 4.69) is 5.92 Å². The van der Waals surface area contributed by atoms with Crippen molar-refractivity contribution < 1.29 is 24.8 Å². The highest BCUT2D eigenvalue weighted by atomic mass is 16.7. The Hall–Kier alpha value is -1.16. The van der Waals surface area contributed by atoms with E-state index in [0.29, 0.717) is 0 Å². The Morgan fingerprint density at radius 3 is 2.79 bits per heavy atom. The monoisotopic (exact) mass is 266 g/mol. The fourth-order valence-electron chi connectivity index (χ4n) is 2.30. The molecule has 104 valence electrons. The quantitative estimate of drug-likeness (QED) is 0.569. The molecule has 2 heterocycles. The molecule has 3 N–H and O–H groups in total. The van der Waals surface area contributed by atoms with Gasteiger partial charge in [-0.2, -0.15) is 0 Å². The highest BCUT2D eigenvalue weighted by Crippen LogP contribution is 2.38. The minimum Gasteiger partial charge on any atom is -0.388 e. The number of aliphatic hydroxyl groups excluding tert-OH is 3. The molecule has 0 aromatic carbocycles. The SMILES string of the molecule is C#C/C=C\C1=C(C)CO[C@@]2(C1)OC[C@@H](O)[C@@H](O)[C@@H]2O. The van der Waals surface area contributed by atoms with Crippen LogP contribution in [0.3, 0.4) is 0 Å². The molecule has 0 amide bonds. The number of rotatable bonds is 1. The van der Waals surface area contributed by atoms with Crippen molar-refractivity contribution >= 4 is 0 Å². The highest BCUT2D eigenvalue weighted by Gasteiger charge is 2.52. The van der Waals surface area contributed by atoms with E-state index >= 15 is 0 Å². The van der Waals surface area contributed by atoms with Gasteiger partial charge in [-0.05, 0) is 24.1 Å². The van der Waals surface area contributed by atoms with Crippen LogP contribution in [-0.2, 0) is 9.47 Å². The van der Waals surface area contributed by atoms with Crippen LogP contribution in [0, 0.1) is 12.3 Å². The van der Waals surface area contributed by atoms with E-state index in [1.165, 1.54) is 0 Å². The first-order valence-corrected chi connectivity index (χ1v) is 6.13. The second-order valence-electron chi connectivity index (χ2n) is 4.90. The summed E-state index contributed by atoms with van der Waals surface area (Å²) in [5.41, 5.74) is 1.90. The summed E-state index contributed by atoms with van der Waals surface area (Å²) in [6.45, 7) is 2.11. The third-order valence-corrected chi connectivity index (χ3v) is 3.57. The fourth-order valence-corrected chi connectivity index (χ4v) is 2.30. The maximum Gasteiger partial charge on any atom is 0.201 e. The third kappa shape index (κ3) is 2.59. The molecule has 0 aromatic rings. The number of allylic oxidation sites excluding steroid dienone is 2. The van der Waals surface area contributed by atoms with Gasteiger partial charge in [-0.1, -0.05) is 12.0 Å². The van der Waals surface area contributed by atoms with Crippen molar-refractivity contribution in [2.45, 2.75) is 37.4 Å². The van der Waals surface area contributed by atoms with Crippen molar-refractivity contribution in [2.75, 3.05) is 13.2 Å². The normalized spacial score (nSPS) is 39.8. The van der Waals surface area contributed by atoms with Gasteiger partial charge >= 0.3 is 0 Å². The van der Waals surface area contributed by atoms with Crippen molar-refractivity contribution in [2.24, 2.45) is 0 Å². The molecule has 4 atom stereocenters. The molecule has 0 unspecified atom stereocenters. The molecule has 5 heteroatoms. The molecule has 0 aromatic heterocycles. The van der Waals surface area contributed by atoms with E-state index in [1.54, 1.807) is 12.2 Å². The summed E-state index contributed by atoms with van der Waals surface area (Å²) in [6, 6.07) is 0. The largest absolute Gasteiger partial charge is 0.388 e. The van der Waals surface area contributed by atoms with Gasteiger partial charge in [-0.15, -0.1) is 6.42 Å². The van der Waals surface area contributed by atoms with Crippen LogP contribution in [0.5, 0.6) is 0 Å². The summed E-state index contributed by atoms with van der Waals surface area (Å²) >= 11 is 0. The standard InChI is InChI=1S/C14H18O5/c1-3-4-5-10-6-14(18-7-9(10)2)13(17)12(16)11(15)8-19-14/h1,4-5,11-13,15-17H,6-8H2,2H3/b5-4-/t11-,12-,13+,14+/m1/s1. The van der Waals surface area contributed by atoms with Crippen LogP contribution in [0.1, 0.15) is 13.3 Å². The molecule has 0 saturated carbocycles. The first-order valence-electron chi connectivity index (χ1n) is 6.13. The molecule has 2 rings (SSSR count). The van der Waals surface area contributed by atoms with Crippen molar-refractivity contribution in [1.29, 1.82) is 0 Å². The lowest BCUT2D eigenvalue weighted by molar-refractivity contribution is -0.338. The van der Waals surface area contributed by atoms with Gasteiger partial charge in [0, 0.05) is 6.42 Å². The molecular weight excluding hydrogens is 248 g/mol. The van der Waals surface area contributed by atoms with Gasteiger partial charge in [0.2, 0.25) is 5.79 Å². The molecule has 1 fully saturated rings. The summed E-state index contributed by atoms with van der Waals surface area (Å²) in [5.74, 6) is 1.09. The van der Waals surface area contributed by atoms with E-state index in [1.807, 2.05) is 6.92 Å². The Morgan fingerprint density at radius 2 is 2.11 bits per heavy atom. The summed E-state index contributed by atoms with van der Waals surface area (Å²) in [4.78, 5) is 0. The Balaban J connectivity index is 2.23. The van der Waals surface area contributed by atoms with Crippen molar-refractivity contribution in [3.63, 3.8) is 0 Å². The minimum atomic E-state index is -1.31. The average Bonchev–Trinajstić information content (AvgIpc) is 2.42. The van der Waals surface area contributed by atoms with Crippen LogP contribution in [0.2, 0.25) is 0 Å². The van der Waals surface area contributed by atoms with Gasteiger partial charge in [0.15, 0.2) is 0 Å². The number of hydrogen-bond acceptors (Lipinski definition) is 5. The Bertz CT molecular complexity index is 447. The van der Waals surface area contributed by atoms with Crippen LogP contribution < -0.4 is 0 Å². The molecule has 0 aliphatic carbocycles. The lowest BCUT2D eigenvalue weighted by atomic mass is 9.88. The van der Waals surface area contributed by atoms with Crippen LogP contribution >= 0.6 is 0 Å². The first-order chi connectivity index (χ1) is 9.00. The van der Waals surface area contributed by atoms with Gasteiger partial charge in [0.05, 0.1) is 13.2 Å². The smallest absolute Gasteiger partial charge is 0.201 e. The maximum absolute atomic E-state index is 10.1. The van der Waals surface area contributed by atoms with Crippen LogP contribution in [0.4, 0.5) is 0 Å². The van der Waals surface area contributed by atoms with Crippen molar-refractivity contribution in [1.82, 2.24) is 0 Å². The van der Waals surface area contributed by atoms with Crippen LogP contribution in [-0.4, -0.2) is 52.6 Å². The predicted octanol–water partition coefficient (Wildman–Crippen LogP) is -0.278. The number of aliphatic hydroxyl groups is 3. The lowest BCUT2D eigenvalue weighted by Crippen LogP contribution is -2.63. The predicted molar refractivity (Wildman–Crippen MR) is 67.9 cm³/mol. The van der Waals surface area contributed by atoms with Crippen LogP contribution in [0.25, 0.3) is 0 Å². The molecule has 5 nitrogen and oxygen atoms in total. The third-order valence-electron chi connectivity index (χ3n) is 3.57. The van der Waals surface area contributed by atoms with Gasteiger partial charge in [-0.25, -0.2) is 0 Å². The zero-order valence-corrected chi connectivity index (χ0v) is 10.7. The van der Waals surface area contributed by atoms with Gasteiger partial charge < -0.3 is 24.8 Å². The molecule has 0 bridgehead atoms. The zero-order chi connectivity index (χ0) is 14.0.